The zero-order valence-corrected chi connectivity index (χ0v) is 10.3. The molecule has 0 bridgehead atoms. The van der Waals surface area contributed by atoms with E-state index in [1.165, 1.54) is 0 Å². The molecular formula is C11H20N4O. The highest BCUT2D eigenvalue weighted by atomic mass is 16.2. The smallest absolute Gasteiger partial charge is 0.232 e. The molecule has 5 nitrogen and oxygen atoms in total. The van der Waals surface area contributed by atoms with Crippen molar-refractivity contribution in [2.24, 2.45) is 11.1 Å². The molecule has 0 unspecified atom stereocenters. The van der Waals surface area contributed by atoms with E-state index in [1.807, 2.05) is 27.7 Å². The summed E-state index contributed by atoms with van der Waals surface area (Å²) >= 11 is 0. The first-order chi connectivity index (χ1) is 7.38. The van der Waals surface area contributed by atoms with Crippen molar-refractivity contribution in [3.05, 3.63) is 12.3 Å². The fraction of sp³-hybridized carbons (Fsp3) is 0.636. The molecule has 1 heterocycles. The van der Waals surface area contributed by atoms with E-state index < -0.39 is 5.41 Å². The molecule has 0 fully saturated rings. The van der Waals surface area contributed by atoms with Crippen molar-refractivity contribution in [3.8, 4) is 0 Å². The summed E-state index contributed by atoms with van der Waals surface area (Å²) in [5.74, 6) is 0.624. The third kappa shape index (κ3) is 2.61. The van der Waals surface area contributed by atoms with Crippen LogP contribution in [0.2, 0.25) is 0 Å². The van der Waals surface area contributed by atoms with Gasteiger partial charge in [-0.1, -0.05) is 0 Å². The molecule has 1 rings (SSSR count). The molecule has 90 valence electrons. The van der Waals surface area contributed by atoms with Crippen LogP contribution < -0.4 is 11.1 Å². The summed E-state index contributed by atoms with van der Waals surface area (Å²) in [4.78, 5) is 11.9. The number of nitrogens with one attached hydrogen (secondary N) is 1. The van der Waals surface area contributed by atoms with Gasteiger partial charge in [-0.25, -0.2) is 4.68 Å². The van der Waals surface area contributed by atoms with Crippen molar-refractivity contribution in [3.63, 3.8) is 0 Å². The van der Waals surface area contributed by atoms with Crippen molar-refractivity contribution in [1.29, 1.82) is 0 Å². The number of rotatable bonds is 4. The molecule has 0 radical (unpaired) electrons. The number of nitrogens with zero attached hydrogens (tertiary/aromatic N) is 2. The number of carbonyl (C=O) groups excluding carboxylic acids is 1. The van der Waals surface area contributed by atoms with Crippen LogP contribution in [0.1, 0.15) is 33.7 Å². The standard InChI is InChI=1S/C11H20N4O/c1-8(2)15-9(5-6-13-15)14-10(16)11(3,4)7-12/h5-6,8H,7,12H2,1-4H3,(H,14,16). The second-order valence-electron chi connectivity index (χ2n) is 4.80. The van der Waals surface area contributed by atoms with Crippen LogP contribution >= 0.6 is 0 Å². The van der Waals surface area contributed by atoms with Crippen LogP contribution in [0.3, 0.4) is 0 Å². The minimum Gasteiger partial charge on any atom is -0.329 e. The lowest BCUT2D eigenvalue weighted by Gasteiger charge is -2.22. The summed E-state index contributed by atoms with van der Waals surface area (Å²) in [6.45, 7) is 7.97. The van der Waals surface area contributed by atoms with Crippen LogP contribution in [0.15, 0.2) is 12.3 Å². The molecule has 3 N–H and O–H groups in total. The lowest BCUT2D eigenvalue weighted by Crippen LogP contribution is -2.37. The first-order valence-corrected chi connectivity index (χ1v) is 5.43. The number of carbonyl (C=O) groups is 1. The van der Waals surface area contributed by atoms with E-state index in [-0.39, 0.29) is 11.9 Å². The Kier molecular flexibility index (Phi) is 3.70. The van der Waals surface area contributed by atoms with Crippen LogP contribution in [-0.4, -0.2) is 22.2 Å². The molecule has 1 aromatic heterocycles. The molecule has 1 amide bonds. The monoisotopic (exact) mass is 224 g/mol. The van der Waals surface area contributed by atoms with Gasteiger partial charge in [0.05, 0.1) is 11.6 Å². The minimum atomic E-state index is -0.563. The predicted molar refractivity (Wildman–Crippen MR) is 64.1 cm³/mol. The Morgan fingerprint density at radius 1 is 1.62 bits per heavy atom. The van der Waals surface area contributed by atoms with Crippen molar-refractivity contribution < 1.29 is 4.79 Å². The van der Waals surface area contributed by atoms with Crippen LogP contribution in [0.4, 0.5) is 5.82 Å². The van der Waals surface area contributed by atoms with Gasteiger partial charge in [0.25, 0.3) is 0 Å². The van der Waals surface area contributed by atoms with Crippen LogP contribution in [0, 0.1) is 5.41 Å². The summed E-state index contributed by atoms with van der Waals surface area (Å²) < 4.78 is 1.77. The Bertz CT molecular complexity index is 368. The largest absolute Gasteiger partial charge is 0.329 e. The predicted octanol–water partition coefficient (Wildman–Crippen LogP) is 1.39. The Hall–Kier alpha value is -1.36. The van der Waals surface area contributed by atoms with E-state index in [4.69, 9.17) is 5.73 Å². The van der Waals surface area contributed by atoms with Gasteiger partial charge in [0.1, 0.15) is 5.82 Å². The van der Waals surface area contributed by atoms with Gasteiger partial charge in [-0.05, 0) is 27.7 Å². The zero-order valence-electron chi connectivity index (χ0n) is 10.3. The third-order valence-corrected chi connectivity index (χ3v) is 2.53. The van der Waals surface area contributed by atoms with Gasteiger partial charge < -0.3 is 11.1 Å². The molecule has 16 heavy (non-hydrogen) atoms. The summed E-state index contributed by atoms with van der Waals surface area (Å²) in [6, 6.07) is 2.00. The number of aromatic nitrogens is 2. The topological polar surface area (TPSA) is 72.9 Å². The zero-order chi connectivity index (χ0) is 12.3. The minimum absolute atomic E-state index is 0.0857. The van der Waals surface area contributed by atoms with Crippen molar-refractivity contribution in [2.75, 3.05) is 11.9 Å². The van der Waals surface area contributed by atoms with Gasteiger partial charge in [-0.2, -0.15) is 5.10 Å². The SMILES string of the molecule is CC(C)n1nccc1NC(=O)C(C)(C)CN. The van der Waals surface area contributed by atoms with E-state index in [1.54, 1.807) is 16.9 Å². The highest BCUT2D eigenvalue weighted by Gasteiger charge is 2.26. The summed E-state index contributed by atoms with van der Waals surface area (Å²) in [6.07, 6.45) is 1.67. The number of amides is 1. The number of hydrogen-bond donors (Lipinski definition) is 2. The molecule has 0 saturated heterocycles. The second-order valence-corrected chi connectivity index (χ2v) is 4.80. The van der Waals surface area contributed by atoms with Crippen molar-refractivity contribution in [2.45, 2.75) is 33.7 Å². The Morgan fingerprint density at radius 3 is 2.75 bits per heavy atom. The fourth-order valence-corrected chi connectivity index (χ4v) is 1.20. The Labute approximate surface area is 96.0 Å². The lowest BCUT2D eigenvalue weighted by atomic mass is 9.93. The van der Waals surface area contributed by atoms with E-state index in [0.29, 0.717) is 12.4 Å². The number of anilines is 1. The quantitative estimate of drug-likeness (QED) is 0.811. The van der Waals surface area contributed by atoms with E-state index in [9.17, 15) is 4.79 Å². The van der Waals surface area contributed by atoms with Crippen LogP contribution in [-0.2, 0) is 4.79 Å². The molecule has 0 atom stereocenters. The molecule has 0 aliphatic rings. The average Bonchev–Trinajstić information content (AvgIpc) is 2.65. The molecule has 0 saturated carbocycles. The molecule has 0 aliphatic heterocycles. The molecule has 5 heteroatoms. The highest BCUT2D eigenvalue weighted by molar-refractivity contribution is 5.94. The van der Waals surface area contributed by atoms with E-state index in [2.05, 4.69) is 10.4 Å². The van der Waals surface area contributed by atoms with Crippen molar-refractivity contribution in [1.82, 2.24) is 9.78 Å². The van der Waals surface area contributed by atoms with Crippen LogP contribution in [0.25, 0.3) is 0 Å². The molecular weight excluding hydrogens is 204 g/mol. The number of hydrogen-bond acceptors (Lipinski definition) is 3. The summed E-state index contributed by atoms with van der Waals surface area (Å²) in [5, 5.41) is 6.99. The van der Waals surface area contributed by atoms with Gasteiger partial charge >= 0.3 is 0 Å². The van der Waals surface area contributed by atoms with Gasteiger partial charge in [0, 0.05) is 18.7 Å². The summed E-state index contributed by atoms with van der Waals surface area (Å²) in [5.41, 5.74) is 4.99. The Morgan fingerprint density at radius 2 is 2.25 bits per heavy atom. The summed E-state index contributed by atoms with van der Waals surface area (Å²) in [7, 11) is 0. The first-order valence-electron chi connectivity index (χ1n) is 5.43. The highest BCUT2D eigenvalue weighted by Crippen LogP contribution is 2.18. The van der Waals surface area contributed by atoms with Crippen LogP contribution in [0.5, 0.6) is 0 Å². The lowest BCUT2D eigenvalue weighted by molar-refractivity contribution is -0.123. The number of nitrogens with two attached hydrogens (primary N) is 1. The van der Waals surface area contributed by atoms with Crippen molar-refractivity contribution >= 4 is 11.7 Å². The molecule has 0 aromatic carbocycles. The maximum atomic E-state index is 11.9. The first kappa shape index (κ1) is 12.7. The molecule has 0 aliphatic carbocycles. The van der Waals surface area contributed by atoms with E-state index in [0.717, 1.165) is 0 Å². The fourth-order valence-electron chi connectivity index (χ4n) is 1.20. The van der Waals surface area contributed by atoms with Gasteiger partial charge in [-0.15, -0.1) is 0 Å². The molecule has 0 spiro atoms. The van der Waals surface area contributed by atoms with E-state index >= 15 is 0 Å². The maximum Gasteiger partial charge on any atom is 0.232 e. The Balaban J connectivity index is 2.81. The van der Waals surface area contributed by atoms with Gasteiger partial charge in [0.2, 0.25) is 5.91 Å². The maximum absolute atomic E-state index is 11.9. The normalized spacial score (nSPS) is 11.9. The second kappa shape index (κ2) is 4.65. The van der Waals surface area contributed by atoms with Gasteiger partial charge in [-0.3, -0.25) is 4.79 Å². The third-order valence-electron chi connectivity index (χ3n) is 2.53. The molecule has 1 aromatic rings. The average molecular weight is 224 g/mol. The van der Waals surface area contributed by atoms with Gasteiger partial charge in [0.15, 0.2) is 0 Å².